The Kier molecular flexibility index (Phi) is 7.73. The van der Waals surface area contributed by atoms with E-state index in [0.29, 0.717) is 17.2 Å². The highest BCUT2D eigenvalue weighted by molar-refractivity contribution is 5.95. The van der Waals surface area contributed by atoms with E-state index in [2.05, 4.69) is 21.2 Å². The van der Waals surface area contributed by atoms with Gasteiger partial charge >= 0.3 is 0 Å². The van der Waals surface area contributed by atoms with Crippen molar-refractivity contribution in [3.05, 3.63) is 48.3 Å². The fourth-order valence-corrected chi connectivity index (χ4v) is 2.06. The van der Waals surface area contributed by atoms with E-state index in [0.717, 1.165) is 0 Å². The highest BCUT2D eigenvalue weighted by Crippen LogP contribution is 2.28. The molecule has 0 aliphatic rings. The Morgan fingerprint density at radius 3 is 2.46 bits per heavy atom. The summed E-state index contributed by atoms with van der Waals surface area (Å²) < 4.78 is 15.3. The summed E-state index contributed by atoms with van der Waals surface area (Å²) in [6.07, 6.45) is 2.88. The average Bonchev–Trinajstić information content (AvgIpc) is 2.72. The van der Waals surface area contributed by atoms with Crippen LogP contribution >= 0.6 is 0 Å². The van der Waals surface area contributed by atoms with E-state index in [-0.39, 0.29) is 12.2 Å². The summed E-state index contributed by atoms with van der Waals surface area (Å²) in [4.78, 5) is 39.1. The SMILES string of the molecule is COc1ccc(NC(=O)COCC(=O)NNC(=O)c2cccnc2)c(OC)c1. The van der Waals surface area contributed by atoms with Crippen LogP contribution in [0.15, 0.2) is 42.7 Å². The molecule has 2 aromatic rings. The van der Waals surface area contributed by atoms with Crippen molar-refractivity contribution in [1.82, 2.24) is 15.8 Å². The van der Waals surface area contributed by atoms with E-state index >= 15 is 0 Å². The van der Waals surface area contributed by atoms with Gasteiger partial charge in [0.05, 0.1) is 25.5 Å². The van der Waals surface area contributed by atoms with Gasteiger partial charge in [0.2, 0.25) is 5.91 Å². The first kappa shape index (κ1) is 20.6. The van der Waals surface area contributed by atoms with Crippen LogP contribution in [0.5, 0.6) is 11.5 Å². The van der Waals surface area contributed by atoms with Crippen LogP contribution in [0.2, 0.25) is 0 Å². The number of amides is 3. The topological polar surface area (TPSA) is 128 Å². The van der Waals surface area contributed by atoms with Crippen LogP contribution in [-0.4, -0.2) is 50.1 Å². The summed E-state index contributed by atoms with van der Waals surface area (Å²) in [5.74, 6) is -0.617. The molecule has 10 nitrogen and oxygen atoms in total. The van der Waals surface area contributed by atoms with Gasteiger partial charge in [-0.2, -0.15) is 0 Å². The molecule has 0 bridgehead atoms. The van der Waals surface area contributed by atoms with Crippen molar-refractivity contribution in [1.29, 1.82) is 0 Å². The second-order valence-electron chi connectivity index (χ2n) is 5.35. The minimum absolute atomic E-state index is 0.288. The van der Waals surface area contributed by atoms with Crippen LogP contribution in [0.4, 0.5) is 5.69 Å². The van der Waals surface area contributed by atoms with Crippen LogP contribution in [0.3, 0.4) is 0 Å². The number of nitrogens with zero attached hydrogens (tertiary/aromatic N) is 1. The lowest BCUT2D eigenvalue weighted by Gasteiger charge is -2.12. The van der Waals surface area contributed by atoms with Crippen LogP contribution in [0.1, 0.15) is 10.4 Å². The number of hydrazine groups is 1. The minimum Gasteiger partial charge on any atom is -0.497 e. The second kappa shape index (κ2) is 10.5. The van der Waals surface area contributed by atoms with Crippen LogP contribution in [0, 0.1) is 0 Å². The first-order chi connectivity index (χ1) is 13.5. The van der Waals surface area contributed by atoms with Crippen LogP contribution in [0.25, 0.3) is 0 Å². The van der Waals surface area contributed by atoms with Gasteiger partial charge in [-0.05, 0) is 24.3 Å². The second-order valence-corrected chi connectivity index (χ2v) is 5.35. The molecule has 2 rings (SSSR count). The molecular formula is C18H20N4O6. The predicted molar refractivity (Wildman–Crippen MR) is 98.8 cm³/mol. The summed E-state index contributed by atoms with van der Waals surface area (Å²) in [6, 6.07) is 8.04. The van der Waals surface area contributed by atoms with E-state index in [1.165, 1.54) is 26.6 Å². The molecule has 0 atom stereocenters. The summed E-state index contributed by atoms with van der Waals surface area (Å²) in [5, 5.41) is 2.61. The Labute approximate surface area is 161 Å². The van der Waals surface area contributed by atoms with Gasteiger partial charge in [-0.3, -0.25) is 30.2 Å². The number of carbonyl (C=O) groups is 3. The fraction of sp³-hybridized carbons (Fsp3) is 0.222. The number of anilines is 1. The van der Waals surface area contributed by atoms with Crippen molar-refractivity contribution in [2.24, 2.45) is 0 Å². The van der Waals surface area contributed by atoms with E-state index in [1.54, 1.807) is 30.3 Å². The van der Waals surface area contributed by atoms with Crippen molar-refractivity contribution >= 4 is 23.4 Å². The predicted octanol–water partition coefficient (Wildman–Crippen LogP) is 0.515. The lowest BCUT2D eigenvalue weighted by molar-refractivity contribution is -0.129. The maximum absolute atomic E-state index is 11.9. The monoisotopic (exact) mass is 388 g/mol. The van der Waals surface area contributed by atoms with Crippen molar-refractivity contribution in [2.45, 2.75) is 0 Å². The third-order valence-corrected chi connectivity index (χ3v) is 3.39. The number of hydrogen-bond donors (Lipinski definition) is 3. The molecular weight excluding hydrogens is 368 g/mol. The van der Waals surface area contributed by atoms with E-state index in [9.17, 15) is 14.4 Å². The van der Waals surface area contributed by atoms with Crippen molar-refractivity contribution in [3.63, 3.8) is 0 Å². The Hall–Kier alpha value is -3.66. The fourth-order valence-electron chi connectivity index (χ4n) is 2.06. The molecule has 0 aliphatic carbocycles. The molecule has 148 valence electrons. The van der Waals surface area contributed by atoms with Gasteiger partial charge in [-0.1, -0.05) is 0 Å². The van der Waals surface area contributed by atoms with Crippen molar-refractivity contribution < 1.29 is 28.6 Å². The molecule has 0 unspecified atom stereocenters. The van der Waals surface area contributed by atoms with Gasteiger partial charge in [-0.15, -0.1) is 0 Å². The number of hydrogen-bond acceptors (Lipinski definition) is 7. The number of benzene rings is 1. The lowest BCUT2D eigenvalue weighted by atomic mass is 10.2. The Bertz CT molecular complexity index is 828. The summed E-state index contributed by atoms with van der Waals surface area (Å²) in [5.41, 5.74) is 5.12. The summed E-state index contributed by atoms with van der Waals surface area (Å²) in [7, 11) is 2.98. The molecule has 1 aromatic carbocycles. The lowest BCUT2D eigenvalue weighted by Crippen LogP contribution is -2.43. The summed E-state index contributed by atoms with van der Waals surface area (Å²) in [6.45, 7) is -0.778. The van der Waals surface area contributed by atoms with E-state index in [1.807, 2.05) is 0 Å². The highest BCUT2D eigenvalue weighted by atomic mass is 16.5. The molecule has 10 heteroatoms. The largest absolute Gasteiger partial charge is 0.497 e. The number of rotatable bonds is 8. The number of pyridine rings is 1. The first-order valence-electron chi connectivity index (χ1n) is 8.12. The molecule has 1 aromatic heterocycles. The molecule has 28 heavy (non-hydrogen) atoms. The maximum Gasteiger partial charge on any atom is 0.271 e. The first-order valence-corrected chi connectivity index (χ1v) is 8.12. The van der Waals surface area contributed by atoms with Gasteiger partial charge in [-0.25, -0.2) is 0 Å². The van der Waals surface area contributed by atoms with Crippen molar-refractivity contribution in [2.75, 3.05) is 32.8 Å². The molecule has 0 aliphatic heterocycles. The van der Waals surface area contributed by atoms with Crippen LogP contribution < -0.4 is 25.6 Å². The average molecular weight is 388 g/mol. The van der Waals surface area contributed by atoms with Crippen molar-refractivity contribution in [3.8, 4) is 11.5 Å². The Morgan fingerprint density at radius 2 is 1.79 bits per heavy atom. The number of ether oxygens (including phenoxy) is 3. The van der Waals surface area contributed by atoms with Gasteiger partial charge in [0.25, 0.3) is 11.8 Å². The Morgan fingerprint density at radius 1 is 1.00 bits per heavy atom. The molecule has 3 amide bonds. The molecule has 0 fully saturated rings. The standard InChI is InChI=1S/C18H20N4O6/c1-26-13-5-6-14(15(8-13)27-2)20-16(23)10-28-11-17(24)21-22-18(25)12-4-3-7-19-9-12/h3-9H,10-11H2,1-2H3,(H,20,23)(H,21,24)(H,22,25). The maximum atomic E-state index is 11.9. The Balaban J connectivity index is 1.72. The molecule has 0 radical (unpaired) electrons. The zero-order valence-corrected chi connectivity index (χ0v) is 15.4. The normalized spacial score (nSPS) is 9.93. The summed E-state index contributed by atoms with van der Waals surface area (Å²) >= 11 is 0. The molecule has 0 saturated heterocycles. The molecule has 1 heterocycles. The van der Waals surface area contributed by atoms with Gasteiger partial charge < -0.3 is 19.5 Å². The van der Waals surface area contributed by atoms with E-state index < -0.39 is 24.3 Å². The quantitative estimate of drug-likeness (QED) is 0.562. The minimum atomic E-state index is -0.618. The van der Waals surface area contributed by atoms with E-state index in [4.69, 9.17) is 14.2 Å². The smallest absolute Gasteiger partial charge is 0.271 e. The highest BCUT2D eigenvalue weighted by Gasteiger charge is 2.11. The molecule has 3 N–H and O–H groups in total. The molecule has 0 saturated carbocycles. The zero-order chi connectivity index (χ0) is 20.4. The van der Waals surface area contributed by atoms with Gasteiger partial charge in [0.1, 0.15) is 24.7 Å². The number of methoxy groups -OCH3 is 2. The zero-order valence-electron chi connectivity index (χ0n) is 15.4. The number of nitrogens with one attached hydrogen (secondary N) is 3. The third kappa shape index (κ3) is 6.25. The number of carbonyl (C=O) groups excluding carboxylic acids is 3. The number of aromatic nitrogens is 1. The molecule has 0 spiro atoms. The van der Waals surface area contributed by atoms with Crippen LogP contribution in [-0.2, 0) is 14.3 Å². The van der Waals surface area contributed by atoms with Gasteiger partial charge in [0.15, 0.2) is 0 Å². The van der Waals surface area contributed by atoms with Gasteiger partial charge in [0, 0.05) is 18.5 Å². The third-order valence-electron chi connectivity index (χ3n) is 3.39.